The second kappa shape index (κ2) is 13.5. The smallest absolute Gasteiger partial charge is 0.372 e. The number of likely N-dealkylation sites (N-methyl/N-ethyl adjacent to an activating group) is 1. The Kier molecular flexibility index (Phi) is 9.02. The van der Waals surface area contributed by atoms with E-state index in [4.69, 9.17) is 4.74 Å². The number of hydrogen-bond donors (Lipinski definition) is 2. The Hall–Kier alpha value is -5.27. The zero-order chi connectivity index (χ0) is 35.9. The third kappa shape index (κ3) is 6.66. The third-order valence-corrected chi connectivity index (χ3v) is 9.77. The Labute approximate surface area is 292 Å². The van der Waals surface area contributed by atoms with Crippen LogP contribution in [0.4, 0.5) is 19.0 Å². The Morgan fingerprint density at radius 1 is 1.04 bits per heavy atom. The second-order valence-electron chi connectivity index (χ2n) is 13.2. The van der Waals surface area contributed by atoms with Gasteiger partial charge in [-0.25, -0.2) is 4.68 Å². The number of para-hydroxylation sites is 1. The second-order valence-corrected chi connectivity index (χ2v) is 13.2. The molecule has 4 heterocycles. The Bertz CT molecular complexity index is 1980. The van der Waals surface area contributed by atoms with Crippen molar-refractivity contribution in [3.05, 3.63) is 125 Å². The number of amides is 3. The Morgan fingerprint density at radius 2 is 1.78 bits per heavy atom. The largest absolute Gasteiger partial charge is 0.416 e. The molecule has 0 saturated carbocycles. The molecule has 0 radical (unpaired) electrons. The highest BCUT2D eigenvalue weighted by Gasteiger charge is 2.49. The van der Waals surface area contributed by atoms with Crippen molar-refractivity contribution in [1.82, 2.24) is 25.3 Å². The maximum Gasteiger partial charge on any atom is 0.416 e. The minimum atomic E-state index is -4.65. The lowest BCUT2D eigenvalue weighted by Crippen LogP contribution is -2.68. The molecular formula is C38H37F3N6O4. The molecule has 3 aliphatic heterocycles. The van der Waals surface area contributed by atoms with Gasteiger partial charge in [0.2, 0.25) is 5.91 Å². The van der Waals surface area contributed by atoms with E-state index in [9.17, 15) is 27.6 Å². The molecule has 3 aliphatic rings. The topological polar surface area (TPSA) is 109 Å². The number of ether oxygens (including phenoxy) is 1. The molecule has 4 aromatic rings. The standard InChI is InChI=1S/C38H37F3N6O4/c1-3-46-35-30(20-43-47(35)29-13-5-4-6-14-29)31(32(36(46)50)44-34(49)27-11-8-12-28(18-27)38(39,40)41)26-10-7-9-25(17-26)19-42-33(48)24(2)21-45-22-37(23-45)15-16-51-37/h4-14,17-18,20,31-32H,2-3,15-16,19,21-23H2,1H3,(H,42,48)(H,44,49)/t31-,32+/m1/s1. The highest BCUT2D eigenvalue weighted by atomic mass is 19.4. The van der Waals surface area contributed by atoms with E-state index < -0.39 is 35.5 Å². The molecule has 264 valence electrons. The van der Waals surface area contributed by atoms with Gasteiger partial charge in [0, 0.05) is 61.8 Å². The molecule has 3 amide bonds. The van der Waals surface area contributed by atoms with Crippen molar-refractivity contribution in [3.63, 3.8) is 0 Å². The lowest BCUT2D eigenvalue weighted by Gasteiger charge is -2.55. The van der Waals surface area contributed by atoms with Crippen LogP contribution in [0, 0.1) is 0 Å². The van der Waals surface area contributed by atoms with E-state index in [2.05, 4.69) is 27.2 Å². The molecule has 0 unspecified atom stereocenters. The number of hydrogen-bond acceptors (Lipinski definition) is 6. The van der Waals surface area contributed by atoms with Gasteiger partial charge in [0.25, 0.3) is 11.8 Å². The lowest BCUT2D eigenvalue weighted by atomic mass is 9.81. The van der Waals surface area contributed by atoms with Crippen LogP contribution in [-0.2, 0) is 27.0 Å². The molecule has 3 aromatic carbocycles. The van der Waals surface area contributed by atoms with E-state index in [0.29, 0.717) is 29.1 Å². The minimum Gasteiger partial charge on any atom is -0.372 e. The lowest BCUT2D eigenvalue weighted by molar-refractivity contribution is -0.219. The van der Waals surface area contributed by atoms with E-state index in [1.807, 2.05) is 48.5 Å². The van der Waals surface area contributed by atoms with Crippen LogP contribution in [0.25, 0.3) is 5.69 Å². The highest BCUT2D eigenvalue weighted by Crippen LogP contribution is 2.42. The maximum atomic E-state index is 14.3. The average molecular weight is 699 g/mol. The third-order valence-electron chi connectivity index (χ3n) is 9.77. The number of carbonyl (C=O) groups is 3. The van der Waals surface area contributed by atoms with Crippen LogP contribution in [-0.4, -0.2) is 76.8 Å². The van der Waals surface area contributed by atoms with Crippen LogP contribution in [0.1, 0.15) is 51.9 Å². The van der Waals surface area contributed by atoms with Gasteiger partial charge in [-0.2, -0.15) is 18.3 Å². The SMILES string of the molecule is C=C(CN1CC2(CCO2)C1)C(=O)NCc1cccc([C@@H]2c3cnn(-c4ccccc4)c3N(CC)C(=O)[C@H]2NC(=O)c2cccc(C(F)(F)F)c2)c1. The molecule has 2 atom stereocenters. The van der Waals surface area contributed by atoms with Gasteiger partial charge in [-0.1, -0.05) is 55.1 Å². The van der Waals surface area contributed by atoms with Crippen LogP contribution in [0.15, 0.2) is 97.2 Å². The van der Waals surface area contributed by atoms with Gasteiger partial charge >= 0.3 is 6.18 Å². The summed E-state index contributed by atoms with van der Waals surface area (Å²) in [6.45, 7) is 8.99. The summed E-state index contributed by atoms with van der Waals surface area (Å²) in [7, 11) is 0. The number of fused-ring (bicyclic) bond motifs is 1. The molecule has 51 heavy (non-hydrogen) atoms. The quantitative estimate of drug-likeness (QED) is 0.230. The molecular weight excluding hydrogens is 661 g/mol. The fourth-order valence-electron chi connectivity index (χ4n) is 7.15. The molecule has 2 saturated heterocycles. The molecule has 2 fully saturated rings. The fourth-order valence-corrected chi connectivity index (χ4v) is 7.15. The molecule has 10 nitrogen and oxygen atoms in total. The predicted molar refractivity (Wildman–Crippen MR) is 183 cm³/mol. The number of anilines is 1. The van der Waals surface area contributed by atoms with E-state index in [-0.39, 0.29) is 30.2 Å². The number of alkyl halides is 3. The van der Waals surface area contributed by atoms with Crippen LogP contribution < -0.4 is 15.5 Å². The maximum absolute atomic E-state index is 14.3. The first-order valence-electron chi connectivity index (χ1n) is 16.8. The number of aromatic nitrogens is 2. The Balaban J connectivity index is 1.18. The molecule has 0 aliphatic carbocycles. The molecule has 7 rings (SSSR count). The summed E-state index contributed by atoms with van der Waals surface area (Å²) in [6, 6.07) is 19.5. The molecule has 0 bridgehead atoms. The van der Waals surface area contributed by atoms with Crippen molar-refractivity contribution >= 4 is 23.5 Å². The first kappa shape index (κ1) is 34.2. The minimum absolute atomic E-state index is 0.0479. The molecule has 1 aromatic heterocycles. The number of nitrogens with zero attached hydrogens (tertiary/aromatic N) is 4. The predicted octanol–water partition coefficient (Wildman–Crippen LogP) is 4.84. The van der Waals surface area contributed by atoms with E-state index in [1.165, 1.54) is 11.0 Å². The van der Waals surface area contributed by atoms with E-state index in [1.54, 1.807) is 23.9 Å². The summed E-state index contributed by atoms with van der Waals surface area (Å²) in [5.41, 5.74) is 1.95. The van der Waals surface area contributed by atoms with E-state index in [0.717, 1.165) is 55.6 Å². The van der Waals surface area contributed by atoms with Crippen LogP contribution >= 0.6 is 0 Å². The summed E-state index contributed by atoms with van der Waals surface area (Å²) in [5, 5.41) is 10.3. The number of rotatable bonds is 10. The summed E-state index contributed by atoms with van der Waals surface area (Å²) in [6.07, 6.45) is -1.96. The van der Waals surface area contributed by atoms with Crippen LogP contribution in [0.2, 0.25) is 0 Å². The van der Waals surface area contributed by atoms with Crippen molar-refractivity contribution < 1.29 is 32.3 Å². The van der Waals surface area contributed by atoms with Gasteiger partial charge in [0.05, 0.1) is 29.7 Å². The van der Waals surface area contributed by atoms with Gasteiger partial charge in [-0.05, 0) is 48.4 Å². The normalized spacial score (nSPS) is 19.5. The summed E-state index contributed by atoms with van der Waals surface area (Å²) < 4.78 is 47.9. The van der Waals surface area contributed by atoms with Crippen molar-refractivity contribution in [2.24, 2.45) is 0 Å². The van der Waals surface area contributed by atoms with Gasteiger partial charge in [-0.3, -0.25) is 24.2 Å². The zero-order valence-electron chi connectivity index (χ0n) is 28.0. The summed E-state index contributed by atoms with van der Waals surface area (Å²) >= 11 is 0. The monoisotopic (exact) mass is 698 g/mol. The number of halogens is 3. The Morgan fingerprint density at radius 3 is 2.47 bits per heavy atom. The van der Waals surface area contributed by atoms with Crippen LogP contribution in [0.3, 0.4) is 0 Å². The van der Waals surface area contributed by atoms with Crippen molar-refractivity contribution in [2.45, 2.75) is 43.6 Å². The van der Waals surface area contributed by atoms with Gasteiger partial charge in [0.15, 0.2) is 0 Å². The number of benzene rings is 3. The first-order valence-corrected chi connectivity index (χ1v) is 16.8. The summed E-state index contributed by atoms with van der Waals surface area (Å²) in [5.74, 6) is -1.78. The highest BCUT2D eigenvalue weighted by molar-refractivity contribution is 6.05. The van der Waals surface area contributed by atoms with E-state index >= 15 is 0 Å². The average Bonchev–Trinajstić information content (AvgIpc) is 3.52. The number of carbonyl (C=O) groups excluding carboxylic acids is 3. The number of nitrogens with one attached hydrogen (secondary N) is 2. The molecule has 2 N–H and O–H groups in total. The van der Waals surface area contributed by atoms with Crippen molar-refractivity contribution in [2.75, 3.05) is 37.7 Å². The van der Waals surface area contributed by atoms with Crippen molar-refractivity contribution in [1.29, 1.82) is 0 Å². The first-order chi connectivity index (χ1) is 24.5. The molecule has 13 heteroatoms. The number of likely N-dealkylation sites (tertiary alicyclic amines) is 1. The summed E-state index contributed by atoms with van der Waals surface area (Å²) in [4.78, 5) is 44.6. The van der Waals surface area contributed by atoms with Crippen LogP contribution in [0.5, 0.6) is 0 Å². The van der Waals surface area contributed by atoms with Gasteiger partial charge in [0.1, 0.15) is 11.9 Å². The zero-order valence-corrected chi connectivity index (χ0v) is 28.0. The van der Waals surface area contributed by atoms with Crippen molar-refractivity contribution in [3.8, 4) is 5.69 Å². The van der Waals surface area contributed by atoms with Gasteiger partial charge in [-0.15, -0.1) is 0 Å². The van der Waals surface area contributed by atoms with Gasteiger partial charge < -0.3 is 15.4 Å². The molecule has 1 spiro atoms. The fraction of sp³-hybridized carbons (Fsp3) is 0.316.